The number of aryl methyl sites for hydroxylation is 1. The molecule has 3 heterocycles. The molecule has 1 aromatic carbocycles. The van der Waals surface area contributed by atoms with Crippen molar-refractivity contribution < 1.29 is 9.53 Å². The molecular weight excluding hydrogens is 392 g/mol. The Morgan fingerprint density at radius 1 is 1.29 bits per heavy atom. The van der Waals surface area contributed by atoms with Crippen LogP contribution in [-0.4, -0.2) is 27.3 Å². The van der Waals surface area contributed by atoms with Crippen LogP contribution in [0, 0.1) is 6.92 Å². The van der Waals surface area contributed by atoms with Crippen LogP contribution in [0.3, 0.4) is 0 Å². The van der Waals surface area contributed by atoms with Crippen molar-refractivity contribution in [2.45, 2.75) is 38.1 Å². The Labute approximate surface area is 172 Å². The van der Waals surface area contributed by atoms with Gasteiger partial charge >= 0.3 is 0 Å². The van der Waals surface area contributed by atoms with E-state index in [-0.39, 0.29) is 5.91 Å². The van der Waals surface area contributed by atoms with Gasteiger partial charge in [0.05, 0.1) is 10.6 Å². The smallest absolute Gasteiger partial charge is 0.247 e. The summed E-state index contributed by atoms with van der Waals surface area (Å²) in [5.74, 6) is 0.412. The lowest BCUT2D eigenvalue weighted by Gasteiger charge is -2.30. The van der Waals surface area contributed by atoms with Gasteiger partial charge in [0, 0.05) is 12.0 Å². The van der Waals surface area contributed by atoms with E-state index in [1.807, 2.05) is 55.8 Å². The number of hydrogen-bond acceptors (Lipinski definition) is 7. The zero-order valence-corrected chi connectivity index (χ0v) is 17.5. The second kappa shape index (κ2) is 7.89. The first-order chi connectivity index (χ1) is 13.6. The van der Waals surface area contributed by atoms with E-state index in [1.165, 1.54) is 11.8 Å². The highest BCUT2D eigenvalue weighted by molar-refractivity contribution is 7.98. The van der Waals surface area contributed by atoms with E-state index in [0.29, 0.717) is 23.2 Å². The maximum atomic E-state index is 13.2. The Balaban J connectivity index is 1.97. The maximum absolute atomic E-state index is 13.2. The minimum atomic E-state index is -0.590. The fraction of sp³-hybridized carbons (Fsp3) is 0.300. The third-order valence-corrected chi connectivity index (χ3v) is 6.14. The highest BCUT2D eigenvalue weighted by Crippen LogP contribution is 2.44. The van der Waals surface area contributed by atoms with E-state index in [2.05, 4.69) is 15.2 Å². The van der Waals surface area contributed by atoms with Gasteiger partial charge in [-0.1, -0.05) is 36.9 Å². The lowest BCUT2D eigenvalue weighted by Crippen LogP contribution is -2.37. The zero-order chi connectivity index (χ0) is 19.7. The molecule has 1 amide bonds. The average Bonchev–Trinajstić information content (AvgIpc) is 3.07. The Morgan fingerprint density at radius 3 is 2.82 bits per heavy atom. The summed E-state index contributed by atoms with van der Waals surface area (Å²) in [6.07, 6.45) is 2.50. The van der Waals surface area contributed by atoms with Gasteiger partial charge in [0.1, 0.15) is 0 Å². The van der Waals surface area contributed by atoms with E-state index in [1.54, 1.807) is 16.2 Å². The molecule has 3 aromatic rings. The molecule has 1 aliphatic heterocycles. The first-order valence-electron chi connectivity index (χ1n) is 9.04. The van der Waals surface area contributed by atoms with E-state index in [4.69, 9.17) is 4.74 Å². The predicted octanol–water partition coefficient (Wildman–Crippen LogP) is 4.85. The lowest BCUT2D eigenvalue weighted by molar-refractivity contribution is -0.120. The second-order valence-corrected chi connectivity index (χ2v) is 8.14. The number of hydrogen-bond donors (Lipinski definition) is 0. The summed E-state index contributed by atoms with van der Waals surface area (Å²) in [5.41, 5.74) is 3.20. The van der Waals surface area contributed by atoms with E-state index < -0.39 is 6.23 Å². The van der Waals surface area contributed by atoms with Gasteiger partial charge in [-0.15, -0.1) is 21.5 Å². The Hall–Kier alpha value is -2.45. The fourth-order valence-electron chi connectivity index (χ4n) is 3.21. The molecule has 144 valence electrons. The number of fused-ring (bicyclic) bond motifs is 3. The SMILES string of the molecule is CCCC(=O)N1c2ccccc2-c2nnc(SC)nc2O[C@@H]1c1sccc1C. The van der Waals surface area contributed by atoms with Gasteiger partial charge in [-0.2, -0.15) is 4.98 Å². The molecule has 1 atom stereocenters. The number of anilines is 1. The summed E-state index contributed by atoms with van der Waals surface area (Å²) in [4.78, 5) is 20.5. The third-order valence-electron chi connectivity index (χ3n) is 4.55. The molecule has 0 saturated heterocycles. The van der Waals surface area contributed by atoms with Crippen LogP contribution in [0.25, 0.3) is 11.3 Å². The first kappa shape index (κ1) is 18.9. The van der Waals surface area contributed by atoms with Crippen LogP contribution >= 0.6 is 23.1 Å². The molecule has 2 aromatic heterocycles. The molecule has 6 nitrogen and oxygen atoms in total. The van der Waals surface area contributed by atoms with Crippen LogP contribution < -0.4 is 9.64 Å². The molecule has 0 aliphatic carbocycles. The lowest BCUT2D eigenvalue weighted by atomic mass is 10.1. The van der Waals surface area contributed by atoms with E-state index in [9.17, 15) is 4.79 Å². The number of thiophene rings is 1. The minimum Gasteiger partial charge on any atom is -0.446 e. The zero-order valence-electron chi connectivity index (χ0n) is 15.9. The van der Waals surface area contributed by atoms with Crippen molar-refractivity contribution in [2.24, 2.45) is 0 Å². The predicted molar refractivity (Wildman–Crippen MR) is 112 cm³/mol. The Bertz CT molecular complexity index is 1020. The topological polar surface area (TPSA) is 68.2 Å². The van der Waals surface area contributed by atoms with Crippen molar-refractivity contribution in [1.82, 2.24) is 15.2 Å². The van der Waals surface area contributed by atoms with Gasteiger partial charge in [0.15, 0.2) is 5.69 Å². The normalized spacial score (nSPS) is 15.4. The van der Waals surface area contributed by atoms with Crippen molar-refractivity contribution >= 4 is 34.7 Å². The average molecular weight is 413 g/mol. The van der Waals surface area contributed by atoms with Crippen LogP contribution in [-0.2, 0) is 4.79 Å². The summed E-state index contributed by atoms with van der Waals surface area (Å²) in [6, 6.07) is 9.75. The van der Waals surface area contributed by atoms with E-state index >= 15 is 0 Å². The summed E-state index contributed by atoms with van der Waals surface area (Å²) < 4.78 is 6.38. The highest BCUT2D eigenvalue weighted by atomic mass is 32.2. The summed E-state index contributed by atoms with van der Waals surface area (Å²) in [6.45, 7) is 4.03. The molecule has 0 radical (unpaired) electrons. The van der Waals surface area contributed by atoms with Crippen LogP contribution in [0.2, 0.25) is 0 Å². The minimum absolute atomic E-state index is 0.0126. The number of aromatic nitrogens is 3. The number of carbonyl (C=O) groups is 1. The number of carbonyl (C=O) groups excluding carboxylic acids is 1. The molecule has 0 unspecified atom stereocenters. The summed E-state index contributed by atoms with van der Waals surface area (Å²) in [5, 5.41) is 11.1. The van der Waals surface area contributed by atoms with Crippen molar-refractivity contribution in [3.63, 3.8) is 0 Å². The van der Waals surface area contributed by atoms with Gasteiger partial charge in [-0.25, -0.2) is 0 Å². The number of thioether (sulfide) groups is 1. The summed E-state index contributed by atoms with van der Waals surface area (Å²) >= 11 is 2.98. The molecule has 0 fully saturated rings. The number of benzene rings is 1. The van der Waals surface area contributed by atoms with Crippen LogP contribution in [0.15, 0.2) is 40.9 Å². The Morgan fingerprint density at radius 2 is 2.11 bits per heavy atom. The number of rotatable bonds is 4. The van der Waals surface area contributed by atoms with Crippen molar-refractivity contribution in [1.29, 1.82) is 0 Å². The molecule has 0 saturated carbocycles. The molecule has 28 heavy (non-hydrogen) atoms. The molecular formula is C20H20N4O2S2. The molecule has 0 bridgehead atoms. The Kier molecular flexibility index (Phi) is 5.32. The third kappa shape index (κ3) is 3.27. The van der Waals surface area contributed by atoms with Crippen LogP contribution in [0.1, 0.15) is 36.4 Å². The monoisotopic (exact) mass is 412 g/mol. The van der Waals surface area contributed by atoms with Crippen molar-refractivity contribution in [3.8, 4) is 17.1 Å². The van der Waals surface area contributed by atoms with Crippen LogP contribution in [0.4, 0.5) is 5.69 Å². The van der Waals surface area contributed by atoms with Gasteiger partial charge < -0.3 is 4.74 Å². The van der Waals surface area contributed by atoms with Gasteiger partial charge in [-0.05, 0) is 42.7 Å². The van der Waals surface area contributed by atoms with Crippen molar-refractivity contribution in [3.05, 3.63) is 46.2 Å². The molecule has 4 rings (SSSR count). The number of para-hydroxylation sites is 1. The highest BCUT2D eigenvalue weighted by Gasteiger charge is 2.36. The van der Waals surface area contributed by atoms with Gasteiger partial charge in [0.25, 0.3) is 0 Å². The number of amides is 1. The first-order valence-corrected chi connectivity index (χ1v) is 11.1. The van der Waals surface area contributed by atoms with Gasteiger partial charge in [0.2, 0.25) is 23.2 Å². The number of ether oxygens (including phenoxy) is 1. The second-order valence-electron chi connectivity index (χ2n) is 6.42. The standard InChI is InChI=1S/C20H20N4O2S2/c1-4-7-15(25)24-14-9-6-5-8-13(14)16-18(21-20(27-3)23-22-16)26-19(24)17-12(2)10-11-28-17/h5-6,8-11,19H,4,7H2,1-3H3/t19-/m1/s1. The summed E-state index contributed by atoms with van der Waals surface area (Å²) in [7, 11) is 0. The largest absolute Gasteiger partial charge is 0.446 e. The van der Waals surface area contributed by atoms with Crippen LogP contribution in [0.5, 0.6) is 5.88 Å². The molecule has 0 N–H and O–H groups in total. The fourth-order valence-corrected chi connectivity index (χ4v) is 4.45. The molecule has 1 aliphatic rings. The van der Waals surface area contributed by atoms with Gasteiger partial charge in [-0.3, -0.25) is 9.69 Å². The quantitative estimate of drug-likeness (QED) is 0.570. The number of nitrogens with zero attached hydrogens (tertiary/aromatic N) is 4. The maximum Gasteiger partial charge on any atom is 0.247 e. The molecule has 8 heteroatoms. The molecule has 0 spiro atoms. The van der Waals surface area contributed by atoms with E-state index in [0.717, 1.165) is 28.1 Å². The van der Waals surface area contributed by atoms with Crippen molar-refractivity contribution in [2.75, 3.05) is 11.2 Å².